The third-order valence-corrected chi connectivity index (χ3v) is 5.08. The summed E-state index contributed by atoms with van der Waals surface area (Å²) in [6, 6.07) is 8.88. The molecule has 0 radical (unpaired) electrons. The summed E-state index contributed by atoms with van der Waals surface area (Å²) >= 11 is 3.42. The molecule has 4 rings (SSSR count). The quantitative estimate of drug-likeness (QED) is 0.894. The lowest BCUT2D eigenvalue weighted by molar-refractivity contribution is 0.0937. The zero-order chi connectivity index (χ0) is 15.8. The highest BCUT2D eigenvalue weighted by Gasteiger charge is 2.34. The summed E-state index contributed by atoms with van der Waals surface area (Å²) in [6.45, 7) is 2.09. The molecule has 23 heavy (non-hydrogen) atoms. The van der Waals surface area contributed by atoms with Crippen molar-refractivity contribution < 1.29 is 4.79 Å². The Kier molecular flexibility index (Phi) is 3.95. The molecule has 1 saturated carbocycles. The topological polar surface area (TPSA) is 50.2 Å². The molecule has 1 aromatic carbocycles. The fourth-order valence-electron chi connectivity index (χ4n) is 3.12. The van der Waals surface area contributed by atoms with E-state index in [4.69, 9.17) is 0 Å². The van der Waals surface area contributed by atoms with E-state index in [0.29, 0.717) is 5.56 Å². The first-order chi connectivity index (χ1) is 11.2. The molecule has 0 spiro atoms. The molecule has 1 aliphatic heterocycles. The molecule has 5 nitrogen and oxygen atoms in total. The van der Waals surface area contributed by atoms with E-state index in [0.717, 1.165) is 35.7 Å². The number of carbonyl (C=O) groups is 1. The SMILES string of the molecule is O=C(NC1CCN(C2CC2)C1)c1cnn(-c2ccc(Br)cc2)c1. The van der Waals surface area contributed by atoms with Gasteiger partial charge in [-0.15, -0.1) is 0 Å². The Bertz CT molecular complexity index is 708. The van der Waals surface area contributed by atoms with Crippen LogP contribution in [0, 0.1) is 0 Å². The minimum atomic E-state index is -0.0315. The number of amides is 1. The van der Waals surface area contributed by atoms with Crippen LogP contribution < -0.4 is 5.32 Å². The molecule has 1 aliphatic carbocycles. The summed E-state index contributed by atoms with van der Waals surface area (Å²) in [5.41, 5.74) is 1.55. The molecule has 1 atom stereocenters. The number of nitrogens with one attached hydrogen (secondary N) is 1. The average molecular weight is 375 g/mol. The van der Waals surface area contributed by atoms with Gasteiger partial charge >= 0.3 is 0 Å². The van der Waals surface area contributed by atoms with Gasteiger partial charge in [0.25, 0.3) is 5.91 Å². The summed E-state index contributed by atoms with van der Waals surface area (Å²) in [5, 5.41) is 7.44. The summed E-state index contributed by atoms with van der Waals surface area (Å²) in [7, 11) is 0. The highest BCUT2D eigenvalue weighted by Crippen LogP contribution is 2.29. The highest BCUT2D eigenvalue weighted by molar-refractivity contribution is 9.10. The van der Waals surface area contributed by atoms with Crippen LogP contribution in [-0.4, -0.2) is 45.8 Å². The summed E-state index contributed by atoms with van der Waals surface area (Å²) < 4.78 is 2.75. The molecular formula is C17H19BrN4O. The van der Waals surface area contributed by atoms with E-state index < -0.39 is 0 Å². The van der Waals surface area contributed by atoms with Crippen molar-refractivity contribution in [1.82, 2.24) is 20.0 Å². The van der Waals surface area contributed by atoms with Crippen LogP contribution in [0.2, 0.25) is 0 Å². The molecule has 1 N–H and O–H groups in total. The molecule has 0 bridgehead atoms. The normalized spacial score (nSPS) is 21.5. The molecule has 2 fully saturated rings. The standard InChI is InChI=1S/C17H19BrN4O/c18-13-1-3-16(4-2-13)22-10-12(9-19-22)17(23)20-14-7-8-21(11-14)15-5-6-15/h1-4,9-10,14-15H,5-8,11H2,(H,20,23). The molecule has 2 aromatic rings. The van der Waals surface area contributed by atoms with E-state index in [2.05, 4.69) is 31.2 Å². The van der Waals surface area contributed by atoms with E-state index >= 15 is 0 Å². The predicted octanol–water partition coefficient (Wildman–Crippen LogP) is 2.60. The second-order valence-corrected chi connectivity index (χ2v) is 7.25. The molecule has 6 heteroatoms. The van der Waals surface area contributed by atoms with Gasteiger partial charge in [0, 0.05) is 35.8 Å². The van der Waals surface area contributed by atoms with Crippen LogP contribution in [0.4, 0.5) is 0 Å². The van der Waals surface area contributed by atoms with Gasteiger partial charge in [-0.3, -0.25) is 9.69 Å². The lowest BCUT2D eigenvalue weighted by atomic mass is 10.2. The second-order valence-electron chi connectivity index (χ2n) is 6.34. The van der Waals surface area contributed by atoms with Gasteiger partial charge in [-0.25, -0.2) is 4.68 Å². The van der Waals surface area contributed by atoms with Crippen molar-refractivity contribution in [2.45, 2.75) is 31.3 Å². The maximum absolute atomic E-state index is 12.4. The van der Waals surface area contributed by atoms with Gasteiger partial charge in [-0.05, 0) is 43.5 Å². The number of likely N-dealkylation sites (tertiary alicyclic amines) is 1. The third-order valence-electron chi connectivity index (χ3n) is 4.55. The first-order valence-electron chi connectivity index (χ1n) is 8.04. The third kappa shape index (κ3) is 3.33. The number of hydrogen-bond donors (Lipinski definition) is 1. The number of hydrogen-bond acceptors (Lipinski definition) is 3. The van der Waals surface area contributed by atoms with E-state index in [1.165, 1.54) is 12.8 Å². The van der Waals surface area contributed by atoms with Crippen molar-refractivity contribution in [3.05, 3.63) is 46.7 Å². The lowest BCUT2D eigenvalue weighted by Gasteiger charge is -2.15. The van der Waals surface area contributed by atoms with Crippen molar-refractivity contribution in [3.63, 3.8) is 0 Å². The minimum absolute atomic E-state index is 0.0315. The Morgan fingerprint density at radius 2 is 2.00 bits per heavy atom. The summed E-state index contributed by atoms with van der Waals surface area (Å²) in [4.78, 5) is 14.9. The Morgan fingerprint density at radius 1 is 1.22 bits per heavy atom. The Labute approximate surface area is 143 Å². The van der Waals surface area contributed by atoms with Gasteiger partial charge in [0.1, 0.15) is 0 Å². The van der Waals surface area contributed by atoms with Crippen molar-refractivity contribution in [2.75, 3.05) is 13.1 Å². The van der Waals surface area contributed by atoms with Crippen LogP contribution >= 0.6 is 15.9 Å². The maximum atomic E-state index is 12.4. The van der Waals surface area contributed by atoms with Crippen LogP contribution in [-0.2, 0) is 0 Å². The zero-order valence-electron chi connectivity index (χ0n) is 12.8. The van der Waals surface area contributed by atoms with Crippen LogP contribution in [0.5, 0.6) is 0 Å². The monoisotopic (exact) mass is 374 g/mol. The van der Waals surface area contributed by atoms with Crippen LogP contribution in [0.3, 0.4) is 0 Å². The maximum Gasteiger partial charge on any atom is 0.254 e. The Balaban J connectivity index is 1.40. The van der Waals surface area contributed by atoms with Crippen molar-refractivity contribution in [2.24, 2.45) is 0 Å². The number of rotatable bonds is 4. The molecule has 2 heterocycles. The number of benzene rings is 1. The van der Waals surface area contributed by atoms with Gasteiger partial charge in [-0.1, -0.05) is 15.9 Å². The smallest absolute Gasteiger partial charge is 0.254 e. The molecule has 1 saturated heterocycles. The van der Waals surface area contributed by atoms with Gasteiger partial charge in [0.05, 0.1) is 17.4 Å². The summed E-state index contributed by atoms with van der Waals surface area (Å²) in [5.74, 6) is -0.0315. The second kappa shape index (κ2) is 6.09. The fraction of sp³-hybridized carbons (Fsp3) is 0.412. The van der Waals surface area contributed by atoms with Crippen molar-refractivity contribution >= 4 is 21.8 Å². The zero-order valence-corrected chi connectivity index (χ0v) is 14.4. The Morgan fingerprint density at radius 3 is 2.74 bits per heavy atom. The van der Waals surface area contributed by atoms with Crippen LogP contribution in [0.25, 0.3) is 5.69 Å². The molecule has 120 valence electrons. The molecule has 1 amide bonds. The first kappa shape index (κ1) is 14.9. The highest BCUT2D eigenvalue weighted by atomic mass is 79.9. The van der Waals surface area contributed by atoms with Crippen molar-refractivity contribution in [1.29, 1.82) is 0 Å². The fourth-order valence-corrected chi connectivity index (χ4v) is 3.38. The Hall–Kier alpha value is -1.66. The van der Waals surface area contributed by atoms with Crippen LogP contribution in [0.1, 0.15) is 29.6 Å². The van der Waals surface area contributed by atoms with Gasteiger partial charge in [0.15, 0.2) is 0 Å². The van der Waals surface area contributed by atoms with Gasteiger partial charge < -0.3 is 5.32 Å². The number of nitrogens with zero attached hydrogens (tertiary/aromatic N) is 3. The van der Waals surface area contributed by atoms with Crippen LogP contribution in [0.15, 0.2) is 41.1 Å². The van der Waals surface area contributed by atoms with E-state index in [9.17, 15) is 4.79 Å². The largest absolute Gasteiger partial charge is 0.348 e. The van der Waals surface area contributed by atoms with E-state index in [-0.39, 0.29) is 11.9 Å². The molecule has 1 unspecified atom stereocenters. The number of halogens is 1. The van der Waals surface area contributed by atoms with Crippen molar-refractivity contribution in [3.8, 4) is 5.69 Å². The average Bonchev–Trinajstić information content (AvgIpc) is 3.10. The van der Waals surface area contributed by atoms with E-state index in [1.807, 2.05) is 24.3 Å². The molecule has 2 aliphatic rings. The first-order valence-corrected chi connectivity index (χ1v) is 8.84. The van der Waals surface area contributed by atoms with Gasteiger partial charge in [0.2, 0.25) is 0 Å². The number of aromatic nitrogens is 2. The predicted molar refractivity (Wildman–Crippen MR) is 91.7 cm³/mol. The molecule has 1 aromatic heterocycles. The number of carbonyl (C=O) groups excluding carboxylic acids is 1. The minimum Gasteiger partial charge on any atom is -0.348 e. The van der Waals surface area contributed by atoms with E-state index in [1.54, 1.807) is 17.1 Å². The summed E-state index contributed by atoms with van der Waals surface area (Å²) in [6.07, 6.45) is 7.10. The molecular weight excluding hydrogens is 356 g/mol. The van der Waals surface area contributed by atoms with Gasteiger partial charge in [-0.2, -0.15) is 5.10 Å². The lowest BCUT2D eigenvalue weighted by Crippen LogP contribution is -2.37.